The summed E-state index contributed by atoms with van der Waals surface area (Å²) in [6.07, 6.45) is 1.04. The Morgan fingerprint density at radius 1 is 0.963 bits per heavy atom. The van der Waals surface area contributed by atoms with E-state index in [1.54, 1.807) is 0 Å². The van der Waals surface area contributed by atoms with Crippen LogP contribution in [0, 0.1) is 0 Å². The molecule has 4 N–H and O–H groups in total. The van der Waals surface area contributed by atoms with Crippen molar-refractivity contribution in [1.82, 2.24) is 10.6 Å². The van der Waals surface area contributed by atoms with Crippen molar-refractivity contribution in [2.24, 2.45) is 0 Å². The van der Waals surface area contributed by atoms with Gasteiger partial charge in [-0.25, -0.2) is 0 Å². The fraction of sp³-hybridized carbons (Fsp3) is 0.619. The lowest BCUT2D eigenvalue weighted by Crippen LogP contribution is -3.18. The lowest BCUT2D eigenvalue weighted by Gasteiger charge is -2.22. The predicted molar refractivity (Wildman–Crippen MR) is 107 cm³/mol. The number of carbonyl (C=O) groups excluding carboxylic acids is 2. The van der Waals surface area contributed by atoms with Gasteiger partial charge in [0.25, 0.3) is 11.8 Å². The van der Waals surface area contributed by atoms with E-state index in [0.717, 1.165) is 38.2 Å². The van der Waals surface area contributed by atoms with Gasteiger partial charge in [0, 0.05) is 12.0 Å². The molecule has 1 aromatic carbocycles. The molecule has 1 heterocycles. The van der Waals surface area contributed by atoms with E-state index >= 15 is 0 Å². The Hall–Kier alpha value is -1.92. The van der Waals surface area contributed by atoms with Crippen LogP contribution in [0.1, 0.15) is 45.7 Å². The molecule has 6 heteroatoms. The molecule has 0 spiro atoms. The van der Waals surface area contributed by atoms with Gasteiger partial charge in [-0.05, 0) is 33.3 Å². The normalized spacial score (nSPS) is 21.8. The number of amides is 2. The van der Waals surface area contributed by atoms with Gasteiger partial charge in [-0.2, -0.15) is 0 Å². The summed E-state index contributed by atoms with van der Waals surface area (Å²) < 4.78 is 0. The first kappa shape index (κ1) is 21.4. The zero-order valence-corrected chi connectivity index (χ0v) is 17.2. The highest BCUT2D eigenvalue weighted by atomic mass is 16.2. The third-order valence-electron chi connectivity index (χ3n) is 4.91. The van der Waals surface area contributed by atoms with E-state index in [1.807, 2.05) is 58.0 Å². The molecule has 6 nitrogen and oxygen atoms in total. The van der Waals surface area contributed by atoms with Crippen LogP contribution < -0.4 is 20.4 Å². The van der Waals surface area contributed by atoms with Crippen LogP contribution in [-0.4, -0.2) is 56.6 Å². The summed E-state index contributed by atoms with van der Waals surface area (Å²) in [6.45, 7) is 12.9. The van der Waals surface area contributed by atoms with Gasteiger partial charge in [0.15, 0.2) is 13.1 Å². The Labute approximate surface area is 163 Å². The van der Waals surface area contributed by atoms with Gasteiger partial charge in [0.05, 0.1) is 19.1 Å². The van der Waals surface area contributed by atoms with Crippen LogP contribution in [-0.2, 0) is 9.59 Å². The maximum Gasteiger partial charge on any atom is 0.275 e. The summed E-state index contributed by atoms with van der Waals surface area (Å²) in [6, 6.07) is 10.1. The van der Waals surface area contributed by atoms with Crippen LogP contribution in [0.3, 0.4) is 0 Å². The zero-order chi connectivity index (χ0) is 19.9. The van der Waals surface area contributed by atoms with Gasteiger partial charge < -0.3 is 20.4 Å². The van der Waals surface area contributed by atoms with Crippen LogP contribution in [0.2, 0.25) is 0 Å². The second kappa shape index (κ2) is 9.85. The number of rotatable bonds is 6. The van der Waals surface area contributed by atoms with E-state index in [9.17, 15) is 9.59 Å². The fourth-order valence-electron chi connectivity index (χ4n) is 3.58. The topological polar surface area (TPSA) is 67.1 Å². The van der Waals surface area contributed by atoms with E-state index in [2.05, 4.69) is 10.6 Å². The number of hydrogen-bond donors (Lipinski definition) is 4. The Kier molecular flexibility index (Phi) is 7.80. The van der Waals surface area contributed by atoms with Crippen molar-refractivity contribution in [2.45, 2.75) is 45.7 Å². The number of nitrogens with one attached hydrogen (secondary N) is 4. The van der Waals surface area contributed by atoms with Crippen molar-refractivity contribution in [1.29, 1.82) is 0 Å². The average molecular weight is 377 g/mol. The van der Waals surface area contributed by atoms with E-state index in [0.29, 0.717) is 13.1 Å². The molecule has 3 atom stereocenters. The molecule has 1 aliphatic rings. The molecule has 0 radical (unpaired) electrons. The van der Waals surface area contributed by atoms with E-state index in [1.165, 1.54) is 9.80 Å². The summed E-state index contributed by atoms with van der Waals surface area (Å²) in [5.41, 5.74) is 0.935. The molecule has 0 bridgehead atoms. The minimum absolute atomic E-state index is 0.0216. The van der Waals surface area contributed by atoms with E-state index in [4.69, 9.17) is 0 Å². The Bertz CT molecular complexity index is 612. The summed E-state index contributed by atoms with van der Waals surface area (Å²) in [4.78, 5) is 27.2. The molecule has 2 amide bonds. The minimum Gasteiger partial charge on any atom is -0.347 e. The first-order valence-corrected chi connectivity index (χ1v) is 10.1. The first-order chi connectivity index (χ1) is 12.7. The molecule has 1 fully saturated rings. The highest BCUT2D eigenvalue weighted by molar-refractivity contribution is 5.77. The highest BCUT2D eigenvalue weighted by Gasteiger charge is 2.25. The molecule has 27 heavy (non-hydrogen) atoms. The molecule has 1 aliphatic heterocycles. The van der Waals surface area contributed by atoms with Crippen LogP contribution in [0.15, 0.2) is 30.3 Å². The molecule has 0 saturated carbocycles. The standard InChI is InChI=1S/C21H34N4O2/c1-17(18-9-6-5-7-10-18)22-19(26)15-24-11-8-12-25(14-13-24)16-20(27)23-21(2,3)4/h5-7,9-10,17H,8,11-16H2,1-4H3,(H,22,26)(H,23,27)/p+2/t17-/m1/s1. The van der Waals surface area contributed by atoms with Crippen molar-refractivity contribution >= 4 is 11.8 Å². The van der Waals surface area contributed by atoms with Crippen LogP contribution in [0.25, 0.3) is 0 Å². The first-order valence-electron chi connectivity index (χ1n) is 10.1. The van der Waals surface area contributed by atoms with Crippen molar-refractivity contribution in [3.63, 3.8) is 0 Å². The molecular weight excluding hydrogens is 340 g/mol. The highest BCUT2D eigenvalue weighted by Crippen LogP contribution is 2.10. The third-order valence-corrected chi connectivity index (χ3v) is 4.91. The van der Waals surface area contributed by atoms with Crippen LogP contribution >= 0.6 is 0 Å². The second-order valence-corrected chi connectivity index (χ2v) is 8.71. The largest absolute Gasteiger partial charge is 0.347 e. The second-order valence-electron chi connectivity index (χ2n) is 8.71. The molecule has 0 aromatic heterocycles. The quantitative estimate of drug-likeness (QED) is 0.512. The van der Waals surface area contributed by atoms with E-state index < -0.39 is 0 Å². The maximum absolute atomic E-state index is 12.4. The van der Waals surface area contributed by atoms with Crippen molar-refractivity contribution in [3.05, 3.63) is 35.9 Å². The van der Waals surface area contributed by atoms with Crippen LogP contribution in [0.4, 0.5) is 0 Å². The lowest BCUT2D eigenvalue weighted by atomic mass is 10.1. The molecule has 150 valence electrons. The molecule has 1 saturated heterocycles. The van der Waals surface area contributed by atoms with Crippen molar-refractivity contribution in [3.8, 4) is 0 Å². The molecule has 2 rings (SSSR count). The van der Waals surface area contributed by atoms with Gasteiger partial charge in [-0.15, -0.1) is 0 Å². The smallest absolute Gasteiger partial charge is 0.275 e. The third kappa shape index (κ3) is 8.10. The SMILES string of the molecule is C[C@@H](NC(=O)C[NH+]1CCC[NH+](CC(=O)NC(C)(C)C)CC1)c1ccccc1. The van der Waals surface area contributed by atoms with Crippen LogP contribution in [0.5, 0.6) is 0 Å². The monoisotopic (exact) mass is 376 g/mol. The zero-order valence-electron chi connectivity index (χ0n) is 17.2. The molecule has 2 unspecified atom stereocenters. The number of carbonyl (C=O) groups is 2. The van der Waals surface area contributed by atoms with Crippen molar-refractivity contribution in [2.75, 3.05) is 39.3 Å². The lowest BCUT2D eigenvalue weighted by molar-refractivity contribution is -0.930. The number of benzene rings is 1. The summed E-state index contributed by atoms with van der Waals surface area (Å²) in [7, 11) is 0. The van der Waals surface area contributed by atoms with Gasteiger partial charge in [-0.3, -0.25) is 9.59 Å². The van der Waals surface area contributed by atoms with Crippen molar-refractivity contribution < 1.29 is 19.4 Å². The molecule has 1 aromatic rings. The Balaban J connectivity index is 1.75. The van der Waals surface area contributed by atoms with Gasteiger partial charge >= 0.3 is 0 Å². The minimum atomic E-state index is -0.187. The molecule has 0 aliphatic carbocycles. The summed E-state index contributed by atoms with van der Waals surface area (Å²) in [5.74, 6) is 0.200. The van der Waals surface area contributed by atoms with E-state index in [-0.39, 0.29) is 23.4 Å². The van der Waals surface area contributed by atoms with Gasteiger partial charge in [0.2, 0.25) is 0 Å². The average Bonchev–Trinajstić information content (AvgIpc) is 2.79. The summed E-state index contributed by atoms with van der Waals surface area (Å²) >= 11 is 0. The Morgan fingerprint density at radius 3 is 2.07 bits per heavy atom. The molecular formula is C21H36N4O2+2. The van der Waals surface area contributed by atoms with Gasteiger partial charge in [0.1, 0.15) is 13.1 Å². The predicted octanol–water partition coefficient (Wildman–Crippen LogP) is -1.05. The fourth-order valence-corrected chi connectivity index (χ4v) is 3.58. The number of quaternary nitrogens is 2. The van der Waals surface area contributed by atoms with Gasteiger partial charge in [-0.1, -0.05) is 30.3 Å². The maximum atomic E-state index is 12.4. The Morgan fingerprint density at radius 2 is 1.52 bits per heavy atom. The number of hydrogen-bond acceptors (Lipinski definition) is 2. The summed E-state index contributed by atoms with van der Waals surface area (Å²) in [5, 5.41) is 6.14.